The lowest BCUT2D eigenvalue weighted by Crippen LogP contribution is -2.28. The fraction of sp³-hybridized carbons (Fsp3) is 0.438. The van der Waals surface area contributed by atoms with Crippen molar-refractivity contribution < 1.29 is 9.32 Å². The van der Waals surface area contributed by atoms with Gasteiger partial charge in [-0.15, -0.1) is 12.4 Å². The third-order valence-electron chi connectivity index (χ3n) is 3.29. The number of halogens is 2. The summed E-state index contributed by atoms with van der Waals surface area (Å²) in [5, 5.41) is 7.44. The van der Waals surface area contributed by atoms with E-state index in [2.05, 4.69) is 15.5 Å². The molecule has 132 valence electrons. The number of nitrogens with two attached hydrogens (primary N) is 1. The third-order valence-corrected chi connectivity index (χ3v) is 3.54. The van der Waals surface area contributed by atoms with Crippen LogP contribution in [0.25, 0.3) is 11.4 Å². The Hall–Kier alpha value is -1.63. The zero-order valence-electron chi connectivity index (χ0n) is 13.5. The summed E-state index contributed by atoms with van der Waals surface area (Å²) in [5.41, 5.74) is 6.47. The van der Waals surface area contributed by atoms with Crippen molar-refractivity contribution in [1.29, 1.82) is 0 Å². The van der Waals surface area contributed by atoms with Gasteiger partial charge < -0.3 is 15.6 Å². The van der Waals surface area contributed by atoms with E-state index in [4.69, 9.17) is 21.9 Å². The minimum Gasteiger partial charge on any atom is -0.356 e. The molecule has 0 aliphatic rings. The number of aryl methyl sites for hydroxylation is 1. The van der Waals surface area contributed by atoms with Crippen LogP contribution in [0.15, 0.2) is 28.8 Å². The number of hydrogen-bond acceptors (Lipinski definition) is 5. The summed E-state index contributed by atoms with van der Waals surface area (Å²) in [7, 11) is 0. The number of rotatable bonds is 8. The molecule has 1 aromatic heterocycles. The van der Waals surface area contributed by atoms with Gasteiger partial charge in [-0.1, -0.05) is 16.8 Å². The SMILES string of the molecule is CC(N)CCNC(=O)CCCc1nc(-c2ccc(Cl)cc2)no1.Cl. The number of carbonyl (C=O) groups excluding carboxylic acids is 1. The Balaban J connectivity index is 0.00000288. The summed E-state index contributed by atoms with van der Waals surface area (Å²) < 4.78 is 5.20. The largest absolute Gasteiger partial charge is 0.356 e. The normalized spacial score (nSPS) is 11.6. The fourth-order valence-corrected chi connectivity index (χ4v) is 2.13. The standard InChI is InChI=1S/C16H21ClN4O2.ClH/c1-11(18)9-10-19-14(22)3-2-4-15-20-16(21-23-15)12-5-7-13(17)8-6-12;/h5-8,11H,2-4,9-10,18H2,1H3,(H,19,22);1H. The number of aromatic nitrogens is 2. The van der Waals surface area contributed by atoms with E-state index < -0.39 is 0 Å². The molecule has 1 unspecified atom stereocenters. The lowest BCUT2D eigenvalue weighted by atomic mass is 10.2. The van der Waals surface area contributed by atoms with Gasteiger partial charge in [-0.2, -0.15) is 4.98 Å². The molecule has 1 atom stereocenters. The van der Waals surface area contributed by atoms with Gasteiger partial charge in [-0.25, -0.2) is 0 Å². The highest BCUT2D eigenvalue weighted by Crippen LogP contribution is 2.19. The Labute approximate surface area is 152 Å². The molecule has 0 saturated heterocycles. The van der Waals surface area contributed by atoms with E-state index in [1.165, 1.54) is 0 Å². The first-order chi connectivity index (χ1) is 11.0. The minimum atomic E-state index is 0. The Morgan fingerprint density at radius 2 is 2.08 bits per heavy atom. The maximum atomic E-state index is 11.6. The second-order valence-corrected chi connectivity index (χ2v) is 5.92. The zero-order valence-corrected chi connectivity index (χ0v) is 15.1. The second kappa shape index (κ2) is 10.3. The second-order valence-electron chi connectivity index (χ2n) is 5.49. The summed E-state index contributed by atoms with van der Waals surface area (Å²) in [6.07, 6.45) is 2.44. The molecule has 1 heterocycles. The average molecular weight is 373 g/mol. The van der Waals surface area contributed by atoms with E-state index in [0.29, 0.717) is 42.5 Å². The van der Waals surface area contributed by atoms with Gasteiger partial charge >= 0.3 is 0 Å². The van der Waals surface area contributed by atoms with Crippen LogP contribution < -0.4 is 11.1 Å². The molecule has 2 rings (SSSR count). The van der Waals surface area contributed by atoms with Gasteiger partial charge in [0, 0.05) is 36.0 Å². The van der Waals surface area contributed by atoms with Crippen molar-refractivity contribution in [3.63, 3.8) is 0 Å². The van der Waals surface area contributed by atoms with Crippen molar-refractivity contribution in [2.75, 3.05) is 6.54 Å². The van der Waals surface area contributed by atoms with Crippen molar-refractivity contribution in [2.45, 2.75) is 38.6 Å². The molecule has 0 radical (unpaired) electrons. The molecule has 0 bridgehead atoms. The van der Waals surface area contributed by atoms with Crippen LogP contribution in [0.5, 0.6) is 0 Å². The number of hydrogen-bond donors (Lipinski definition) is 2. The van der Waals surface area contributed by atoms with Crippen molar-refractivity contribution in [3.8, 4) is 11.4 Å². The Bertz CT molecular complexity index is 629. The molecule has 8 heteroatoms. The first-order valence-electron chi connectivity index (χ1n) is 7.65. The molecule has 0 spiro atoms. The molecular formula is C16H22Cl2N4O2. The van der Waals surface area contributed by atoms with Crippen LogP contribution in [0.1, 0.15) is 32.1 Å². The van der Waals surface area contributed by atoms with Crippen molar-refractivity contribution in [2.24, 2.45) is 5.73 Å². The highest BCUT2D eigenvalue weighted by Gasteiger charge is 2.09. The highest BCUT2D eigenvalue weighted by molar-refractivity contribution is 6.30. The Morgan fingerprint density at radius 1 is 1.38 bits per heavy atom. The summed E-state index contributed by atoms with van der Waals surface area (Å²) in [4.78, 5) is 16.0. The van der Waals surface area contributed by atoms with Gasteiger partial charge in [0.25, 0.3) is 0 Å². The summed E-state index contributed by atoms with van der Waals surface area (Å²) >= 11 is 5.85. The van der Waals surface area contributed by atoms with Gasteiger partial charge in [-0.3, -0.25) is 4.79 Å². The first kappa shape index (κ1) is 20.4. The number of nitrogens with one attached hydrogen (secondary N) is 1. The van der Waals surface area contributed by atoms with Crippen molar-refractivity contribution in [3.05, 3.63) is 35.2 Å². The fourth-order valence-electron chi connectivity index (χ4n) is 2.00. The average Bonchev–Trinajstić information content (AvgIpc) is 2.96. The monoisotopic (exact) mass is 372 g/mol. The molecule has 1 aromatic carbocycles. The van der Waals surface area contributed by atoms with E-state index in [1.807, 2.05) is 19.1 Å². The lowest BCUT2D eigenvalue weighted by Gasteiger charge is -2.06. The van der Waals surface area contributed by atoms with Gasteiger partial charge in [0.2, 0.25) is 17.6 Å². The van der Waals surface area contributed by atoms with E-state index in [0.717, 1.165) is 12.0 Å². The number of carbonyl (C=O) groups is 1. The number of nitrogens with zero attached hydrogens (tertiary/aromatic N) is 2. The molecule has 0 saturated carbocycles. The van der Waals surface area contributed by atoms with E-state index in [1.54, 1.807) is 12.1 Å². The van der Waals surface area contributed by atoms with E-state index in [9.17, 15) is 4.79 Å². The molecule has 6 nitrogen and oxygen atoms in total. The molecule has 0 aliphatic carbocycles. The minimum absolute atomic E-state index is 0. The predicted octanol–water partition coefficient (Wildman–Crippen LogP) is 2.99. The highest BCUT2D eigenvalue weighted by atomic mass is 35.5. The molecule has 24 heavy (non-hydrogen) atoms. The summed E-state index contributed by atoms with van der Waals surface area (Å²) in [6, 6.07) is 7.32. The summed E-state index contributed by atoms with van der Waals surface area (Å²) in [6.45, 7) is 2.53. The van der Waals surface area contributed by atoms with Gasteiger partial charge in [0.1, 0.15) is 0 Å². The lowest BCUT2D eigenvalue weighted by molar-refractivity contribution is -0.121. The van der Waals surface area contributed by atoms with Crippen LogP contribution in [0, 0.1) is 0 Å². The van der Waals surface area contributed by atoms with Crippen molar-refractivity contribution in [1.82, 2.24) is 15.5 Å². The number of amides is 1. The smallest absolute Gasteiger partial charge is 0.226 e. The van der Waals surface area contributed by atoms with Crippen LogP contribution in [0.4, 0.5) is 0 Å². The Morgan fingerprint density at radius 3 is 2.75 bits per heavy atom. The van der Waals surface area contributed by atoms with Crippen LogP contribution in [0.3, 0.4) is 0 Å². The quantitative estimate of drug-likeness (QED) is 0.742. The van der Waals surface area contributed by atoms with E-state index >= 15 is 0 Å². The topological polar surface area (TPSA) is 94.0 Å². The molecule has 3 N–H and O–H groups in total. The number of benzene rings is 1. The maximum absolute atomic E-state index is 11.6. The molecular weight excluding hydrogens is 351 g/mol. The first-order valence-corrected chi connectivity index (χ1v) is 8.03. The van der Waals surface area contributed by atoms with Crippen LogP contribution in [0.2, 0.25) is 5.02 Å². The van der Waals surface area contributed by atoms with Gasteiger partial charge in [0.15, 0.2) is 0 Å². The van der Waals surface area contributed by atoms with Crippen molar-refractivity contribution >= 4 is 29.9 Å². The van der Waals surface area contributed by atoms with Gasteiger partial charge in [0.05, 0.1) is 0 Å². The maximum Gasteiger partial charge on any atom is 0.226 e. The molecule has 1 amide bonds. The Kier molecular flexibility index (Phi) is 8.74. The summed E-state index contributed by atoms with van der Waals surface area (Å²) in [5.74, 6) is 1.07. The van der Waals surface area contributed by atoms with Crippen LogP contribution in [-0.2, 0) is 11.2 Å². The molecule has 2 aromatic rings. The zero-order chi connectivity index (χ0) is 16.7. The van der Waals surface area contributed by atoms with Gasteiger partial charge in [-0.05, 0) is 44.0 Å². The van der Waals surface area contributed by atoms with E-state index in [-0.39, 0.29) is 24.4 Å². The third kappa shape index (κ3) is 6.86. The molecule has 0 fully saturated rings. The molecule has 0 aliphatic heterocycles. The van der Waals surface area contributed by atoms with Crippen LogP contribution in [-0.4, -0.2) is 28.6 Å². The predicted molar refractivity (Wildman–Crippen MR) is 96.2 cm³/mol. The van der Waals surface area contributed by atoms with Crippen LogP contribution >= 0.6 is 24.0 Å².